The van der Waals surface area contributed by atoms with Crippen LogP contribution in [0.5, 0.6) is 11.8 Å². The molecule has 4 aromatic rings. The highest BCUT2D eigenvalue weighted by Gasteiger charge is 2.23. The normalized spacial score (nSPS) is 11.0. The molecule has 0 saturated carbocycles. The Balaban J connectivity index is 1.77. The lowest BCUT2D eigenvalue weighted by Gasteiger charge is -2.13. The molecule has 2 aromatic heterocycles. The highest BCUT2D eigenvalue weighted by atomic mass is 19.1. The maximum absolute atomic E-state index is 13.5. The smallest absolute Gasteiger partial charge is 0.368 e. The van der Waals surface area contributed by atoms with E-state index >= 15 is 0 Å². The van der Waals surface area contributed by atoms with Gasteiger partial charge < -0.3 is 14.2 Å². The van der Waals surface area contributed by atoms with Crippen molar-refractivity contribution in [2.24, 2.45) is 0 Å². The van der Waals surface area contributed by atoms with Gasteiger partial charge in [-0.25, -0.2) is 14.2 Å². The summed E-state index contributed by atoms with van der Waals surface area (Å²) in [6.45, 7) is 1.22. The molecule has 2 heterocycles. The molecule has 0 saturated heterocycles. The van der Waals surface area contributed by atoms with Crippen molar-refractivity contribution >= 4 is 0 Å². The van der Waals surface area contributed by atoms with E-state index in [1.54, 1.807) is 18.2 Å². The van der Waals surface area contributed by atoms with Crippen LogP contribution in [-0.4, -0.2) is 46.9 Å². The highest BCUT2D eigenvalue weighted by Crippen LogP contribution is 2.30. The van der Waals surface area contributed by atoms with Crippen molar-refractivity contribution in [3.05, 3.63) is 83.1 Å². The van der Waals surface area contributed by atoms with E-state index in [-0.39, 0.29) is 11.6 Å². The summed E-state index contributed by atoms with van der Waals surface area (Å²) < 4.78 is 24.7. The summed E-state index contributed by atoms with van der Waals surface area (Å²) >= 11 is 0. The third kappa shape index (κ3) is 4.84. The molecule has 164 valence electrons. The van der Waals surface area contributed by atoms with Crippen molar-refractivity contribution in [2.45, 2.75) is 0 Å². The first-order valence-electron chi connectivity index (χ1n) is 9.98. The van der Waals surface area contributed by atoms with Crippen molar-refractivity contribution in [1.82, 2.24) is 19.7 Å². The summed E-state index contributed by atoms with van der Waals surface area (Å²) in [5.74, 6) is 0.181. The number of para-hydroxylation sites is 1. The Hall–Kier alpha value is -3.98. The van der Waals surface area contributed by atoms with E-state index in [0.717, 1.165) is 0 Å². The number of aromatic nitrogens is 3. The van der Waals surface area contributed by atoms with Crippen molar-refractivity contribution in [2.75, 3.05) is 32.6 Å². The monoisotopic (exact) mass is 435 g/mol. The second-order valence-corrected chi connectivity index (χ2v) is 7.25. The predicted octanol–water partition coefficient (Wildman–Crippen LogP) is 3.60. The Bertz CT molecular complexity index is 1240. The van der Waals surface area contributed by atoms with Gasteiger partial charge in [-0.15, -0.1) is 4.85 Å². The Morgan fingerprint density at radius 3 is 2.56 bits per heavy atom. The zero-order valence-corrected chi connectivity index (χ0v) is 17.7. The number of likely N-dealkylation sites (N-methyl/N-ethyl adjacent to an activating group) is 1. The van der Waals surface area contributed by atoms with E-state index in [4.69, 9.17) is 9.26 Å². The number of nitrogens with zero attached hydrogens (tertiary/aromatic N) is 4. The zero-order valence-electron chi connectivity index (χ0n) is 17.7. The van der Waals surface area contributed by atoms with E-state index in [0.29, 0.717) is 35.8 Å². The second-order valence-electron chi connectivity index (χ2n) is 7.25. The predicted molar refractivity (Wildman–Crippen MR) is 119 cm³/mol. The number of hydrogen-bond donors (Lipinski definition) is 1. The third-order valence-electron chi connectivity index (χ3n) is 4.59. The van der Waals surface area contributed by atoms with Crippen molar-refractivity contribution in [3.63, 3.8) is 0 Å². The minimum atomic E-state index is -0.576. The minimum Gasteiger partial charge on any atom is -0.424 e. The van der Waals surface area contributed by atoms with Crippen LogP contribution >= 0.6 is 0 Å². The second kappa shape index (κ2) is 9.44. The lowest BCUT2D eigenvalue weighted by Crippen LogP contribution is -2.26. The molecular formula is C23H22FN5O3. The van der Waals surface area contributed by atoms with Crippen molar-refractivity contribution in [3.8, 4) is 34.3 Å². The largest absolute Gasteiger partial charge is 0.424 e. The van der Waals surface area contributed by atoms with Gasteiger partial charge in [0.2, 0.25) is 0 Å². The van der Waals surface area contributed by atoms with Crippen LogP contribution in [0.25, 0.3) is 22.5 Å². The molecule has 1 N–H and O–H groups in total. The SMILES string of the molecule is CN(C)CCNn1oc(=O)c(-c2ccc(F)cc2)c1-c1ccnc(Oc2ccccc2)n1. The van der Waals surface area contributed by atoms with Gasteiger partial charge in [-0.1, -0.05) is 30.3 Å². The molecule has 8 nitrogen and oxygen atoms in total. The lowest BCUT2D eigenvalue weighted by molar-refractivity contribution is 0.286. The van der Waals surface area contributed by atoms with Crippen LogP contribution < -0.4 is 15.8 Å². The Morgan fingerprint density at radius 2 is 1.84 bits per heavy atom. The Labute approximate surface area is 183 Å². The fourth-order valence-corrected chi connectivity index (χ4v) is 3.08. The molecule has 0 atom stereocenters. The number of ether oxygens (including phenoxy) is 1. The standard InChI is InChI=1S/C23H22FN5O3/c1-28(2)15-14-26-29-21(20(22(30)32-29)16-8-10-17(24)11-9-16)19-12-13-25-23(27-19)31-18-6-4-3-5-7-18/h3-13,26H,14-15H2,1-2H3. The summed E-state index contributed by atoms with van der Waals surface area (Å²) in [5, 5.41) is 0. The molecular weight excluding hydrogens is 413 g/mol. The molecule has 2 aromatic carbocycles. The first kappa shape index (κ1) is 21.3. The van der Waals surface area contributed by atoms with E-state index in [2.05, 4.69) is 15.4 Å². The summed E-state index contributed by atoms with van der Waals surface area (Å²) in [4.78, 5) is 24.7. The summed E-state index contributed by atoms with van der Waals surface area (Å²) in [6.07, 6.45) is 1.54. The van der Waals surface area contributed by atoms with Gasteiger partial charge in [0.15, 0.2) is 0 Å². The molecule has 32 heavy (non-hydrogen) atoms. The number of halogens is 1. The van der Waals surface area contributed by atoms with Crippen LogP contribution in [0, 0.1) is 5.82 Å². The van der Waals surface area contributed by atoms with Gasteiger partial charge in [0.25, 0.3) is 0 Å². The molecule has 0 aliphatic heterocycles. The van der Waals surface area contributed by atoms with Crippen molar-refractivity contribution in [1.29, 1.82) is 0 Å². The molecule has 0 bridgehead atoms. The molecule has 0 aliphatic carbocycles. The average molecular weight is 435 g/mol. The lowest BCUT2D eigenvalue weighted by atomic mass is 10.0. The minimum absolute atomic E-state index is 0.118. The topological polar surface area (TPSA) is 85.4 Å². The Morgan fingerprint density at radius 1 is 1.09 bits per heavy atom. The summed E-state index contributed by atoms with van der Waals surface area (Å²) in [5.41, 5.74) is 4.08. The maximum Gasteiger partial charge on any atom is 0.368 e. The highest BCUT2D eigenvalue weighted by molar-refractivity contribution is 5.78. The van der Waals surface area contributed by atoms with Crippen LogP contribution in [0.2, 0.25) is 0 Å². The number of nitrogens with one attached hydrogen (secondary N) is 1. The van der Waals surface area contributed by atoms with Crippen molar-refractivity contribution < 1.29 is 13.7 Å². The molecule has 9 heteroatoms. The van der Waals surface area contributed by atoms with Crippen LogP contribution in [0.4, 0.5) is 4.39 Å². The van der Waals surface area contributed by atoms with Gasteiger partial charge in [-0.3, -0.25) is 5.43 Å². The Kier molecular flexibility index (Phi) is 6.27. The molecule has 0 amide bonds. The van der Waals surface area contributed by atoms with E-state index < -0.39 is 11.4 Å². The molecule has 0 aliphatic rings. The van der Waals surface area contributed by atoms with E-state index in [1.807, 2.05) is 37.2 Å². The number of hydrogen-bond acceptors (Lipinski definition) is 7. The van der Waals surface area contributed by atoms with Crippen LogP contribution in [0.3, 0.4) is 0 Å². The first-order chi connectivity index (χ1) is 15.5. The van der Waals surface area contributed by atoms with Gasteiger partial charge >= 0.3 is 11.6 Å². The van der Waals surface area contributed by atoms with Gasteiger partial charge in [-0.05, 0) is 50.0 Å². The van der Waals surface area contributed by atoms with Gasteiger partial charge in [-0.2, -0.15) is 4.98 Å². The summed E-state index contributed by atoms with van der Waals surface area (Å²) in [7, 11) is 3.88. The fraction of sp³-hybridized carbons (Fsp3) is 0.174. The number of rotatable bonds is 8. The molecule has 0 unspecified atom stereocenters. The number of benzene rings is 2. The molecule has 4 rings (SSSR count). The molecule has 0 spiro atoms. The summed E-state index contributed by atoms with van der Waals surface area (Å²) in [6, 6.07) is 16.5. The molecule has 0 fully saturated rings. The first-order valence-corrected chi connectivity index (χ1v) is 9.98. The quantitative estimate of drug-likeness (QED) is 0.453. The zero-order chi connectivity index (χ0) is 22.5. The maximum atomic E-state index is 13.5. The van der Waals surface area contributed by atoms with Gasteiger partial charge in [0, 0.05) is 19.3 Å². The van der Waals surface area contributed by atoms with Gasteiger partial charge in [0.1, 0.15) is 28.5 Å². The molecule has 0 radical (unpaired) electrons. The van der Waals surface area contributed by atoms with Crippen LogP contribution in [0.15, 0.2) is 76.2 Å². The van der Waals surface area contributed by atoms with Crippen LogP contribution in [0.1, 0.15) is 0 Å². The van der Waals surface area contributed by atoms with E-state index in [9.17, 15) is 9.18 Å². The average Bonchev–Trinajstić information content (AvgIpc) is 3.11. The fourth-order valence-electron chi connectivity index (χ4n) is 3.08. The van der Waals surface area contributed by atoms with E-state index in [1.165, 1.54) is 35.3 Å². The third-order valence-corrected chi connectivity index (χ3v) is 4.59. The van der Waals surface area contributed by atoms with Gasteiger partial charge in [0.05, 0.1) is 0 Å². The van der Waals surface area contributed by atoms with Crippen LogP contribution in [-0.2, 0) is 0 Å².